The van der Waals surface area contributed by atoms with E-state index in [1.54, 1.807) is 24.3 Å². The number of nitrogens with zero attached hydrogens (tertiary/aromatic N) is 1. The van der Waals surface area contributed by atoms with Gasteiger partial charge in [0.05, 0.1) is 17.9 Å². The quantitative estimate of drug-likeness (QED) is 0.507. The Morgan fingerprint density at radius 1 is 0.941 bits per heavy atom. The highest BCUT2D eigenvalue weighted by molar-refractivity contribution is 7.90. The molecule has 1 atom stereocenters. The molecule has 3 aromatic rings. The van der Waals surface area contributed by atoms with E-state index in [-0.39, 0.29) is 23.7 Å². The molecule has 9 heteroatoms. The third-order valence-corrected chi connectivity index (χ3v) is 6.59. The summed E-state index contributed by atoms with van der Waals surface area (Å²) < 4.78 is 31.9. The lowest BCUT2D eigenvalue weighted by atomic mass is 10.0. The van der Waals surface area contributed by atoms with Crippen molar-refractivity contribution in [1.82, 2.24) is 4.72 Å². The zero-order valence-corrected chi connectivity index (χ0v) is 19.2. The largest absolute Gasteiger partial charge is 0.452 e. The van der Waals surface area contributed by atoms with Crippen molar-refractivity contribution in [2.75, 3.05) is 11.9 Å². The van der Waals surface area contributed by atoms with E-state index in [1.165, 1.54) is 13.0 Å². The van der Waals surface area contributed by atoms with Crippen LogP contribution in [-0.2, 0) is 24.3 Å². The number of aliphatic imine (C=N–C) groups is 1. The molecule has 1 amide bonds. The summed E-state index contributed by atoms with van der Waals surface area (Å²) in [6.07, 6.45) is -1.12. The molecule has 174 valence electrons. The van der Waals surface area contributed by atoms with Gasteiger partial charge in [0.15, 0.2) is 6.10 Å². The number of amides is 1. The maximum absolute atomic E-state index is 12.6. The zero-order chi connectivity index (χ0) is 24.1. The van der Waals surface area contributed by atoms with Crippen molar-refractivity contribution in [2.45, 2.75) is 24.3 Å². The number of carbonyl (C=O) groups is 2. The van der Waals surface area contributed by atoms with Crippen LogP contribution in [-0.4, -0.2) is 38.8 Å². The molecule has 34 heavy (non-hydrogen) atoms. The number of esters is 1. The van der Waals surface area contributed by atoms with Crippen LogP contribution < -0.4 is 10.0 Å². The summed E-state index contributed by atoms with van der Waals surface area (Å²) in [4.78, 5) is 29.2. The lowest BCUT2D eigenvalue weighted by Crippen LogP contribution is -2.30. The number of sulfonamides is 1. The van der Waals surface area contributed by atoms with Crippen LogP contribution in [0.3, 0.4) is 0 Å². The number of rotatable bonds is 7. The number of carbonyl (C=O) groups excluding carboxylic acids is 2. The van der Waals surface area contributed by atoms with E-state index in [0.29, 0.717) is 11.3 Å². The van der Waals surface area contributed by atoms with Gasteiger partial charge in [-0.25, -0.2) is 8.42 Å². The lowest BCUT2D eigenvalue weighted by molar-refractivity contribution is -0.152. The molecule has 1 aliphatic heterocycles. The molecule has 0 aromatic heterocycles. The highest BCUT2D eigenvalue weighted by Crippen LogP contribution is 2.27. The molecule has 1 unspecified atom stereocenters. The topological polar surface area (TPSA) is 114 Å². The number of para-hydroxylation sites is 1. The van der Waals surface area contributed by atoms with Gasteiger partial charge in [-0.05, 0) is 30.7 Å². The Labute approximate surface area is 197 Å². The Morgan fingerprint density at radius 2 is 1.59 bits per heavy atom. The first kappa shape index (κ1) is 23.2. The Balaban J connectivity index is 1.34. The van der Waals surface area contributed by atoms with Gasteiger partial charge in [0.1, 0.15) is 5.84 Å². The fraction of sp³-hybridized carbons (Fsp3) is 0.160. The molecule has 0 bridgehead atoms. The molecular formula is C25H23N3O5S. The van der Waals surface area contributed by atoms with Crippen molar-refractivity contribution in [3.05, 3.63) is 84.4 Å². The number of ether oxygens (including phenoxy) is 1. The minimum Gasteiger partial charge on any atom is -0.452 e. The van der Waals surface area contributed by atoms with Gasteiger partial charge in [0.25, 0.3) is 15.9 Å². The van der Waals surface area contributed by atoms with Crippen LogP contribution in [0.25, 0.3) is 11.1 Å². The fourth-order valence-corrected chi connectivity index (χ4v) is 4.77. The molecule has 8 nitrogen and oxygen atoms in total. The van der Waals surface area contributed by atoms with Gasteiger partial charge in [-0.2, -0.15) is 0 Å². The average Bonchev–Trinajstić information content (AvgIpc) is 3.10. The highest BCUT2D eigenvalue weighted by atomic mass is 32.2. The second-order valence-electron chi connectivity index (χ2n) is 7.61. The molecule has 4 rings (SSSR count). The number of benzene rings is 3. The maximum atomic E-state index is 12.6. The predicted octanol–water partition coefficient (Wildman–Crippen LogP) is 3.35. The van der Waals surface area contributed by atoms with Crippen molar-refractivity contribution in [2.24, 2.45) is 4.99 Å². The molecule has 0 saturated heterocycles. The smallest absolute Gasteiger partial charge is 0.308 e. The number of nitrogens with one attached hydrogen (secondary N) is 2. The maximum Gasteiger partial charge on any atom is 0.308 e. The second kappa shape index (κ2) is 9.88. The number of amidine groups is 1. The number of fused-ring (bicyclic) bond motifs is 1. The van der Waals surface area contributed by atoms with E-state index in [9.17, 15) is 18.0 Å². The predicted molar refractivity (Wildman–Crippen MR) is 129 cm³/mol. The molecule has 1 heterocycles. The normalized spacial score (nSPS) is 15.7. The monoisotopic (exact) mass is 477 g/mol. The van der Waals surface area contributed by atoms with Gasteiger partial charge in [-0.3, -0.25) is 19.3 Å². The molecule has 0 radical (unpaired) electrons. The molecule has 2 N–H and O–H groups in total. The van der Waals surface area contributed by atoms with Gasteiger partial charge in [0.2, 0.25) is 0 Å². The molecule has 1 aliphatic rings. The first-order chi connectivity index (χ1) is 16.3. The second-order valence-corrected chi connectivity index (χ2v) is 9.27. The van der Waals surface area contributed by atoms with E-state index in [0.717, 1.165) is 11.1 Å². The third-order valence-electron chi connectivity index (χ3n) is 5.20. The molecular weight excluding hydrogens is 454 g/mol. The Bertz CT molecular complexity index is 1350. The number of hydrogen-bond acceptors (Lipinski definition) is 6. The molecule has 0 aliphatic carbocycles. The highest BCUT2D eigenvalue weighted by Gasteiger charge is 2.30. The van der Waals surface area contributed by atoms with Crippen LogP contribution in [0, 0.1) is 0 Å². The van der Waals surface area contributed by atoms with Crippen molar-refractivity contribution < 1.29 is 22.7 Å². The summed E-state index contributed by atoms with van der Waals surface area (Å²) >= 11 is 0. The Kier molecular flexibility index (Phi) is 6.74. The summed E-state index contributed by atoms with van der Waals surface area (Å²) in [6.45, 7) is 1.50. The van der Waals surface area contributed by atoms with E-state index in [4.69, 9.17) is 4.74 Å². The summed E-state index contributed by atoms with van der Waals surface area (Å²) in [5.41, 5.74) is 2.87. The van der Waals surface area contributed by atoms with Crippen LogP contribution in [0.1, 0.15) is 18.9 Å². The van der Waals surface area contributed by atoms with Gasteiger partial charge in [-0.15, -0.1) is 0 Å². The minimum atomic E-state index is -3.64. The summed E-state index contributed by atoms with van der Waals surface area (Å²) in [5, 5.41) is 2.81. The van der Waals surface area contributed by atoms with Crippen molar-refractivity contribution in [3.63, 3.8) is 0 Å². The molecule has 0 spiro atoms. The SMILES string of the molecule is CC(OC(=O)CCN=C1NS(=O)(=O)c2ccccc21)C(=O)Nc1ccccc1-c1ccccc1. The van der Waals surface area contributed by atoms with E-state index >= 15 is 0 Å². The number of anilines is 1. The molecule has 0 fully saturated rings. The summed E-state index contributed by atoms with van der Waals surface area (Å²) in [5.74, 6) is -0.885. The van der Waals surface area contributed by atoms with Gasteiger partial charge < -0.3 is 10.1 Å². The zero-order valence-electron chi connectivity index (χ0n) is 18.4. The number of hydrogen-bond donors (Lipinski definition) is 2. The van der Waals surface area contributed by atoms with E-state index < -0.39 is 28.0 Å². The first-order valence-corrected chi connectivity index (χ1v) is 12.1. The standard InChI is InChI=1S/C25H23N3O5S/c1-17(25(30)27-21-13-7-5-11-19(21)18-9-3-2-4-10-18)33-23(29)15-16-26-24-20-12-6-8-14-22(20)34(31,32)28-24/h2-14,17H,15-16H2,1H3,(H,26,28)(H,27,30). The van der Waals surface area contributed by atoms with Gasteiger partial charge in [0, 0.05) is 16.8 Å². The molecule has 3 aromatic carbocycles. The van der Waals surface area contributed by atoms with Gasteiger partial charge in [-0.1, -0.05) is 60.7 Å². The van der Waals surface area contributed by atoms with Crippen LogP contribution in [0.5, 0.6) is 0 Å². The fourth-order valence-electron chi connectivity index (χ4n) is 3.52. The van der Waals surface area contributed by atoms with E-state index in [2.05, 4.69) is 15.0 Å². The Morgan fingerprint density at radius 3 is 2.35 bits per heavy atom. The first-order valence-electron chi connectivity index (χ1n) is 10.7. The third kappa shape index (κ3) is 5.15. The molecule has 0 saturated carbocycles. The van der Waals surface area contributed by atoms with Crippen molar-refractivity contribution >= 4 is 33.4 Å². The van der Waals surface area contributed by atoms with Crippen LogP contribution in [0.2, 0.25) is 0 Å². The van der Waals surface area contributed by atoms with Crippen LogP contribution >= 0.6 is 0 Å². The average molecular weight is 478 g/mol. The summed E-state index contributed by atoms with van der Waals surface area (Å²) in [7, 11) is -3.64. The van der Waals surface area contributed by atoms with Crippen LogP contribution in [0.15, 0.2) is 88.8 Å². The van der Waals surface area contributed by atoms with Gasteiger partial charge >= 0.3 is 5.97 Å². The van der Waals surface area contributed by atoms with Crippen molar-refractivity contribution in [1.29, 1.82) is 0 Å². The summed E-state index contributed by atoms with van der Waals surface area (Å²) in [6, 6.07) is 23.5. The lowest BCUT2D eigenvalue weighted by Gasteiger charge is -2.15. The van der Waals surface area contributed by atoms with Crippen molar-refractivity contribution in [3.8, 4) is 11.1 Å². The Hall–Kier alpha value is -3.98. The minimum absolute atomic E-state index is 0.0101. The van der Waals surface area contributed by atoms with Crippen LogP contribution in [0.4, 0.5) is 5.69 Å². The van der Waals surface area contributed by atoms with E-state index in [1.807, 2.05) is 48.5 Å².